The van der Waals surface area contributed by atoms with Crippen LogP contribution in [-0.2, 0) is 4.74 Å². The van der Waals surface area contributed by atoms with Gasteiger partial charge in [-0.2, -0.15) is 5.26 Å². The summed E-state index contributed by atoms with van der Waals surface area (Å²) >= 11 is 0. The number of nitrogens with two attached hydrogens (primary N) is 1. The zero-order valence-corrected chi connectivity index (χ0v) is 10.8. The number of rotatable bonds is 3. The van der Waals surface area contributed by atoms with Gasteiger partial charge in [0.25, 0.3) is 0 Å². The highest BCUT2D eigenvalue weighted by Gasteiger charge is 2.33. The molecule has 1 saturated carbocycles. The van der Waals surface area contributed by atoms with E-state index in [1.807, 2.05) is 23.6 Å². The molecule has 1 aliphatic rings. The van der Waals surface area contributed by atoms with Crippen LogP contribution >= 0.6 is 0 Å². The van der Waals surface area contributed by atoms with Crippen molar-refractivity contribution in [3.05, 3.63) is 23.8 Å². The van der Waals surface area contributed by atoms with Crippen molar-refractivity contribution in [1.29, 1.82) is 5.26 Å². The second-order valence-corrected chi connectivity index (χ2v) is 4.83. The number of anilines is 1. The predicted molar refractivity (Wildman–Crippen MR) is 72.5 cm³/mol. The largest absolute Gasteiger partial charge is 0.378 e. The number of para-hydroxylation sites is 1. The number of hydrogen-bond donors (Lipinski definition) is 1. The van der Waals surface area contributed by atoms with Crippen LogP contribution in [0.5, 0.6) is 0 Å². The lowest BCUT2D eigenvalue weighted by atomic mass is 9.89. The molecule has 2 N–H and O–H groups in total. The molecule has 0 bridgehead atoms. The van der Waals surface area contributed by atoms with E-state index in [9.17, 15) is 0 Å². The first-order valence-corrected chi connectivity index (χ1v) is 6.52. The first-order chi connectivity index (χ1) is 9.24. The lowest BCUT2D eigenvalue weighted by Gasteiger charge is -2.36. The van der Waals surface area contributed by atoms with Crippen LogP contribution in [0.25, 0.3) is 11.0 Å². The van der Waals surface area contributed by atoms with Gasteiger partial charge >= 0.3 is 0 Å². The van der Waals surface area contributed by atoms with Crippen LogP contribution < -0.4 is 5.73 Å². The zero-order chi connectivity index (χ0) is 13.4. The molecular weight excluding hydrogens is 240 g/mol. The molecular formula is C14H16N4O. The first-order valence-electron chi connectivity index (χ1n) is 6.52. The van der Waals surface area contributed by atoms with Gasteiger partial charge in [-0.15, -0.1) is 0 Å². The summed E-state index contributed by atoms with van der Waals surface area (Å²) in [6.45, 7) is 2.75. The molecule has 0 amide bonds. The van der Waals surface area contributed by atoms with Crippen molar-refractivity contribution in [3.8, 4) is 6.07 Å². The minimum absolute atomic E-state index is 0.325. The topological polar surface area (TPSA) is 76.9 Å². The number of nitrogens with zero attached hydrogens (tertiary/aromatic N) is 3. The van der Waals surface area contributed by atoms with Crippen LogP contribution in [0, 0.1) is 11.3 Å². The Labute approximate surface area is 111 Å². The lowest BCUT2D eigenvalue weighted by molar-refractivity contribution is -0.0181. The van der Waals surface area contributed by atoms with Crippen molar-refractivity contribution in [2.24, 2.45) is 0 Å². The maximum absolute atomic E-state index is 9.10. The number of ether oxygens (including phenoxy) is 1. The van der Waals surface area contributed by atoms with Crippen LogP contribution in [0.4, 0.5) is 5.95 Å². The normalized spacial score (nSPS) is 22.1. The number of aromatic nitrogens is 2. The highest BCUT2D eigenvalue weighted by Crippen LogP contribution is 2.38. The van der Waals surface area contributed by atoms with Gasteiger partial charge in [0.15, 0.2) is 0 Å². The van der Waals surface area contributed by atoms with Gasteiger partial charge in [-0.25, -0.2) is 4.98 Å². The van der Waals surface area contributed by atoms with Crippen LogP contribution in [0.15, 0.2) is 18.2 Å². The molecule has 0 unspecified atom stereocenters. The highest BCUT2D eigenvalue weighted by molar-refractivity contribution is 5.84. The standard InChI is InChI=1S/C14H16N4O/c1-2-19-11-6-10(7-11)18-12-5-3-4-9(8-15)13(12)17-14(18)16/h3-5,10-11H,2,6-7H2,1H3,(H2,16,17). The molecule has 2 aromatic rings. The van der Waals surface area contributed by atoms with Crippen molar-refractivity contribution >= 4 is 17.0 Å². The Morgan fingerprint density at radius 3 is 3.00 bits per heavy atom. The summed E-state index contributed by atoms with van der Waals surface area (Å²) in [6, 6.07) is 8.09. The minimum atomic E-state index is 0.325. The SMILES string of the molecule is CCOC1CC(n2c(N)nc3c(C#N)cccc32)C1. The Morgan fingerprint density at radius 1 is 1.53 bits per heavy atom. The number of imidazole rings is 1. The van der Waals surface area contributed by atoms with Crippen LogP contribution in [-0.4, -0.2) is 22.3 Å². The Bertz CT molecular complexity index is 649. The molecule has 1 heterocycles. The quantitative estimate of drug-likeness (QED) is 0.913. The molecule has 3 rings (SSSR count). The Kier molecular flexibility index (Phi) is 2.88. The number of benzene rings is 1. The summed E-state index contributed by atoms with van der Waals surface area (Å²) in [5.74, 6) is 0.484. The summed E-state index contributed by atoms with van der Waals surface area (Å²) in [6.07, 6.45) is 2.24. The van der Waals surface area contributed by atoms with Crippen molar-refractivity contribution < 1.29 is 4.74 Å². The highest BCUT2D eigenvalue weighted by atomic mass is 16.5. The molecule has 0 aliphatic heterocycles. The average molecular weight is 256 g/mol. The minimum Gasteiger partial charge on any atom is -0.378 e. The molecule has 1 fully saturated rings. The van der Waals surface area contributed by atoms with E-state index in [4.69, 9.17) is 15.7 Å². The maximum atomic E-state index is 9.10. The smallest absolute Gasteiger partial charge is 0.201 e. The van der Waals surface area contributed by atoms with Gasteiger partial charge in [-0.3, -0.25) is 0 Å². The monoisotopic (exact) mass is 256 g/mol. The molecule has 5 heteroatoms. The molecule has 19 heavy (non-hydrogen) atoms. The Hall–Kier alpha value is -2.06. The predicted octanol–water partition coefficient (Wildman–Crippen LogP) is 2.23. The number of fused-ring (bicyclic) bond motifs is 1. The van der Waals surface area contributed by atoms with E-state index in [-0.39, 0.29) is 0 Å². The first kappa shape index (κ1) is 12.0. The van der Waals surface area contributed by atoms with Crippen LogP contribution in [0.1, 0.15) is 31.4 Å². The van der Waals surface area contributed by atoms with E-state index in [2.05, 4.69) is 11.1 Å². The molecule has 1 aromatic heterocycles. The molecule has 0 saturated heterocycles. The van der Waals surface area contributed by atoms with Gasteiger partial charge in [0.05, 0.1) is 17.2 Å². The number of nitriles is 1. The molecule has 1 aliphatic carbocycles. The third kappa shape index (κ3) is 1.85. The van der Waals surface area contributed by atoms with E-state index in [1.54, 1.807) is 6.07 Å². The van der Waals surface area contributed by atoms with Crippen LogP contribution in [0.3, 0.4) is 0 Å². The van der Waals surface area contributed by atoms with E-state index < -0.39 is 0 Å². The van der Waals surface area contributed by atoms with Gasteiger partial charge in [0.2, 0.25) is 5.95 Å². The second kappa shape index (κ2) is 4.56. The zero-order valence-electron chi connectivity index (χ0n) is 10.8. The second-order valence-electron chi connectivity index (χ2n) is 4.83. The van der Waals surface area contributed by atoms with Gasteiger partial charge in [0, 0.05) is 12.6 Å². The summed E-state index contributed by atoms with van der Waals surface area (Å²) in [5.41, 5.74) is 8.22. The fourth-order valence-electron chi connectivity index (χ4n) is 2.73. The van der Waals surface area contributed by atoms with E-state index >= 15 is 0 Å². The molecule has 0 spiro atoms. The van der Waals surface area contributed by atoms with Gasteiger partial charge in [0.1, 0.15) is 11.6 Å². The van der Waals surface area contributed by atoms with Gasteiger partial charge in [-0.05, 0) is 31.9 Å². The Balaban J connectivity index is 1.97. The molecule has 1 aromatic carbocycles. The number of nitrogen functional groups attached to an aromatic ring is 1. The van der Waals surface area contributed by atoms with Gasteiger partial charge in [-0.1, -0.05) is 6.07 Å². The van der Waals surface area contributed by atoms with Crippen molar-refractivity contribution in [3.63, 3.8) is 0 Å². The summed E-state index contributed by atoms with van der Waals surface area (Å²) in [4.78, 5) is 4.34. The third-order valence-electron chi connectivity index (χ3n) is 3.71. The Morgan fingerprint density at radius 2 is 2.32 bits per heavy atom. The fourth-order valence-corrected chi connectivity index (χ4v) is 2.73. The van der Waals surface area contributed by atoms with E-state index in [1.165, 1.54) is 0 Å². The summed E-state index contributed by atoms with van der Waals surface area (Å²) in [5, 5.41) is 9.10. The molecule has 5 nitrogen and oxygen atoms in total. The fraction of sp³-hybridized carbons (Fsp3) is 0.429. The average Bonchev–Trinajstić information content (AvgIpc) is 2.69. The maximum Gasteiger partial charge on any atom is 0.201 e. The molecule has 0 radical (unpaired) electrons. The third-order valence-corrected chi connectivity index (χ3v) is 3.71. The molecule has 98 valence electrons. The summed E-state index contributed by atoms with van der Waals surface area (Å²) < 4.78 is 7.61. The molecule has 0 atom stereocenters. The lowest BCUT2D eigenvalue weighted by Crippen LogP contribution is -2.33. The van der Waals surface area contributed by atoms with Crippen molar-refractivity contribution in [2.75, 3.05) is 12.3 Å². The van der Waals surface area contributed by atoms with Crippen molar-refractivity contribution in [2.45, 2.75) is 31.9 Å². The van der Waals surface area contributed by atoms with Crippen molar-refractivity contribution in [1.82, 2.24) is 9.55 Å². The van der Waals surface area contributed by atoms with Gasteiger partial charge < -0.3 is 15.0 Å². The van der Waals surface area contributed by atoms with E-state index in [0.29, 0.717) is 29.2 Å². The van der Waals surface area contributed by atoms with Crippen LogP contribution in [0.2, 0.25) is 0 Å². The van der Waals surface area contributed by atoms with E-state index in [0.717, 1.165) is 25.0 Å². The number of hydrogen-bond acceptors (Lipinski definition) is 4. The summed E-state index contributed by atoms with van der Waals surface area (Å²) in [7, 11) is 0.